The smallest absolute Gasteiger partial charge is 0.191 e. The zero-order valence-electron chi connectivity index (χ0n) is 11.8. The van der Waals surface area contributed by atoms with E-state index in [0.29, 0.717) is 12.5 Å². The normalized spacial score (nSPS) is 16.2. The van der Waals surface area contributed by atoms with Crippen LogP contribution in [0.2, 0.25) is 0 Å². The van der Waals surface area contributed by atoms with E-state index in [1.54, 1.807) is 0 Å². The molecule has 1 saturated heterocycles. The Morgan fingerprint density at radius 1 is 1.29 bits per heavy atom. The second-order valence-electron chi connectivity index (χ2n) is 4.88. The molecule has 0 unspecified atom stereocenters. The molecule has 1 aliphatic heterocycles. The molecule has 0 atom stereocenters. The molecule has 3 N–H and O–H groups in total. The topological polar surface area (TPSA) is 70.3 Å². The average Bonchev–Trinajstić information content (AvgIpc) is 3.03. The maximum Gasteiger partial charge on any atom is 0.191 e. The van der Waals surface area contributed by atoms with E-state index in [2.05, 4.69) is 32.0 Å². The summed E-state index contributed by atoms with van der Waals surface area (Å²) in [7, 11) is 0. The molecule has 0 saturated carbocycles. The summed E-state index contributed by atoms with van der Waals surface area (Å²) in [6.45, 7) is 2.45. The minimum absolute atomic E-state index is 0.488. The molecule has 1 fully saturated rings. The molecule has 2 aromatic rings. The van der Waals surface area contributed by atoms with Crippen LogP contribution in [0, 0.1) is 0 Å². The van der Waals surface area contributed by atoms with Gasteiger partial charge in [-0.15, -0.1) is 0 Å². The van der Waals surface area contributed by atoms with Crippen molar-refractivity contribution >= 4 is 17.7 Å². The quantitative estimate of drug-likeness (QED) is 0.671. The number of hydrogen-bond acceptors (Lipinski definition) is 3. The number of nitrogens with two attached hydrogens (primary N) is 1. The van der Waals surface area contributed by atoms with E-state index in [0.717, 1.165) is 41.7 Å². The number of aliphatic imine (C=N–C) groups is 1. The van der Waals surface area contributed by atoms with Crippen molar-refractivity contribution in [3.63, 3.8) is 0 Å². The third-order valence-corrected chi connectivity index (χ3v) is 4.38. The molecule has 0 radical (unpaired) electrons. The van der Waals surface area contributed by atoms with E-state index in [9.17, 15) is 0 Å². The van der Waals surface area contributed by atoms with Crippen LogP contribution in [-0.4, -0.2) is 45.4 Å². The number of guanidine groups is 1. The highest BCUT2D eigenvalue weighted by molar-refractivity contribution is 7.99. The molecule has 0 amide bonds. The van der Waals surface area contributed by atoms with Crippen LogP contribution in [0.15, 0.2) is 41.5 Å². The van der Waals surface area contributed by atoms with Gasteiger partial charge in [0.25, 0.3) is 0 Å². The van der Waals surface area contributed by atoms with Gasteiger partial charge in [0, 0.05) is 24.6 Å². The van der Waals surface area contributed by atoms with Crippen LogP contribution in [0.4, 0.5) is 0 Å². The van der Waals surface area contributed by atoms with Crippen molar-refractivity contribution in [1.82, 2.24) is 14.9 Å². The number of H-pyrrole nitrogens is 1. The van der Waals surface area contributed by atoms with Gasteiger partial charge in [0.2, 0.25) is 0 Å². The van der Waals surface area contributed by atoms with Gasteiger partial charge in [-0.25, -0.2) is 9.98 Å². The monoisotopic (exact) mass is 301 g/mol. The van der Waals surface area contributed by atoms with Crippen LogP contribution in [-0.2, 0) is 6.54 Å². The number of nitrogens with zero attached hydrogens (tertiary/aromatic N) is 3. The molecule has 3 rings (SSSR count). The van der Waals surface area contributed by atoms with Crippen molar-refractivity contribution in [3.8, 4) is 11.3 Å². The Morgan fingerprint density at radius 2 is 2.05 bits per heavy atom. The minimum Gasteiger partial charge on any atom is -0.370 e. The second-order valence-corrected chi connectivity index (χ2v) is 6.11. The second kappa shape index (κ2) is 6.67. The molecule has 5 nitrogen and oxygen atoms in total. The van der Waals surface area contributed by atoms with Gasteiger partial charge in [-0.05, 0) is 5.56 Å². The standard InChI is InChI=1S/C15H19N5S/c16-15(20-6-8-21-9-7-20)18-11-14-17-10-13(19-14)12-4-2-1-3-5-12/h1-5,10H,6-9,11H2,(H2,16,18)(H,17,19). The third-order valence-electron chi connectivity index (χ3n) is 3.44. The number of imidazole rings is 1. The SMILES string of the molecule is NC(=NCc1ncc(-c2ccccc2)[nH]1)N1CCSCC1. The van der Waals surface area contributed by atoms with E-state index in [1.807, 2.05) is 36.2 Å². The number of nitrogens with one attached hydrogen (secondary N) is 1. The van der Waals surface area contributed by atoms with Crippen LogP contribution in [0.5, 0.6) is 0 Å². The Hall–Kier alpha value is -1.95. The first-order valence-corrected chi connectivity index (χ1v) is 8.20. The fourth-order valence-electron chi connectivity index (χ4n) is 2.26. The van der Waals surface area contributed by atoms with E-state index in [-0.39, 0.29) is 0 Å². The Morgan fingerprint density at radius 3 is 2.81 bits per heavy atom. The first-order chi connectivity index (χ1) is 10.3. The molecule has 0 bridgehead atoms. The Balaban J connectivity index is 1.64. The maximum atomic E-state index is 6.04. The van der Waals surface area contributed by atoms with E-state index < -0.39 is 0 Å². The summed E-state index contributed by atoms with van der Waals surface area (Å²) < 4.78 is 0. The predicted molar refractivity (Wildman–Crippen MR) is 88.2 cm³/mol. The highest BCUT2D eigenvalue weighted by Gasteiger charge is 2.12. The van der Waals surface area contributed by atoms with Gasteiger partial charge in [0.1, 0.15) is 12.4 Å². The third kappa shape index (κ3) is 3.58. The largest absolute Gasteiger partial charge is 0.370 e. The number of aromatic nitrogens is 2. The van der Waals surface area contributed by atoms with Crippen LogP contribution in [0.25, 0.3) is 11.3 Å². The van der Waals surface area contributed by atoms with Crippen molar-refractivity contribution < 1.29 is 0 Å². The van der Waals surface area contributed by atoms with E-state index >= 15 is 0 Å². The fourth-order valence-corrected chi connectivity index (χ4v) is 3.16. The van der Waals surface area contributed by atoms with Gasteiger partial charge < -0.3 is 15.6 Å². The van der Waals surface area contributed by atoms with Crippen molar-refractivity contribution in [2.75, 3.05) is 24.6 Å². The summed E-state index contributed by atoms with van der Waals surface area (Å²) in [4.78, 5) is 14.2. The molecule has 2 heterocycles. The Labute approximate surface area is 128 Å². The van der Waals surface area contributed by atoms with Crippen molar-refractivity contribution in [3.05, 3.63) is 42.4 Å². The number of benzene rings is 1. The molecule has 110 valence electrons. The lowest BCUT2D eigenvalue weighted by molar-refractivity contribution is 0.455. The molecule has 0 spiro atoms. The Bertz CT molecular complexity index is 602. The summed E-state index contributed by atoms with van der Waals surface area (Å²) in [5, 5.41) is 0. The number of rotatable bonds is 3. The van der Waals surface area contributed by atoms with Crippen molar-refractivity contribution in [2.45, 2.75) is 6.54 Å². The van der Waals surface area contributed by atoms with Crippen molar-refractivity contribution in [1.29, 1.82) is 0 Å². The summed E-state index contributed by atoms with van der Waals surface area (Å²) in [5.41, 5.74) is 8.17. The molecule has 1 aromatic heterocycles. The lowest BCUT2D eigenvalue weighted by atomic mass is 10.2. The van der Waals surface area contributed by atoms with Gasteiger partial charge in [-0.1, -0.05) is 30.3 Å². The lowest BCUT2D eigenvalue weighted by Gasteiger charge is -2.27. The van der Waals surface area contributed by atoms with Crippen molar-refractivity contribution in [2.24, 2.45) is 10.7 Å². The molecule has 0 aliphatic carbocycles. The van der Waals surface area contributed by atoms with Gasteiger partial charge in [-0.3, -0.25) is 0 Å². The summed E-state index contributed by atoms with van der Waals surface area (Å²) >= 11 is 1.96. The molecular weight excluding hydrogens is 282 g/mol. The maximum absolute atomic E-state index is 6.04. The van der Waals surface area contributed by atoms with Gasteiger partial charge in [0.15, 0.2) is 5.96 Å². The zero-order chi connectivity index (χ0) is 14.5. The number of thioether (sulfide) groups is 1. The predicted octanol–water partition coefficient (Wildman–Crippen LogP) is 1.94. The number of aromatic amines is 1. The summed E-state index contributed by atoms with van der Waals surface area (Å²) in [5.74, 6) is 3.70. The lowest BCUT2D eigenvalue weighted by Crippen LogP contribution is -2.42. The average molecular weight is 301 g/mol. The van der Waals surface area contributed by atoms with Crippen LogP contribution in [0.3, 0.4) is 0 Å². The highest BCUT2D eigenvalue weighted by Crippen LogP contribution is 2.16. The first kappa shape index (κ1) is 14.0. The van der Waals surface area contributed by atoms with Gasteiger partial charge in [-0.2, -0.15) is 11.8 Å². The molecule has 21 heavy (non-hydrogen) atoms. The molecule has 1 aliphatic rings. The number of hydrogen-bond donors (Lipinski definition) is 2. The molecular formula is C15H19N5S. The summed E-state index contributed by atoms with van der Waals surface area (Å²) in [6.07, 6.45) is 1.84. The van der Waals surface area contributed by atoms with E-state index in [1.165, 1.54) is 0 Å². The fraction of sp³-hybridized carbons (Fsp3) is 0.333. The summed E-state index contributed by atoms with van der Waals surface area (Å²) in [6, 6.07) is 10.1. The minimum atomic E-state index is 0.488. The first-order valence-electron chi connectivity index (χ1n) is 7.05. The van der Waals surface area contributed by atoms with Gasteiger partial charge in [0.05, 0.1) is 11.9 Å². The van der Waals surface area contributed by atoms with Gasteiger partial charge >= 0.3 is 0 Å². The Kier molecular flexibility index (Phi) is 4.45. The highest BCUT2D eigenvalue weighted by atomic mass is 32.2. The van der Waals surface area contributed by atoms with Crippen LogP contribution in [0.1, 0.15) is 5.82 Å². The van der Waals surface area contributed by atoms with Crippen LogP contribution < -0.4 is 5.73 Å². The molecule has 6 heteroatoms. The zero-order valence-corrected chi connectivity index (χ0v) is 12.6. The van der Waals surface area contributed by atoms with Crippen LogP contribution >= 0.6 is 11.8 Å². The molecule has 1 aromatic carbocycles. The van der Waals surface area contributed by atoms with E-state index in [4.69, 9.17) is 5.73 Å².